The van der Waals surface area contributed by atoms with E-state index in [1.807, 2.05) is 38.1 Å². The number of likely N-dealkylation sites (tertiary alicyclic amines) is 1. The SMILES string of the molecule is Cc1ccc2nc(C)c(C(=O)N3CC[C@H](C(=O)O)C3)cc2c1. The Morgan fingerprint density at radius 3 is 2.73 bits per heavy atom. The van der Waals surface area contributed by atoms with Crippen LogP contribution in [0.5, 0.6) is 0 Å². The molecule has 2 heterocycles. The van der Waals surface area contributed by atoms with E-state index in [1.165, 1.54) is 0 Å². The summed E-state index contributed by atoms with van der Waals surface area (Å²) in [5.41, 5.74) is 3.22. The molecule has 1 amide bonds. The normalized spacial score (nSPS) is 17.9. The zero-order valence-corrected chi connectivity index (χ0v) is 12.7. The van der Waals surface area contributed by atoms with Gasteiger partial charge in [-0.3, -0.25) is 14.6 Å². The smallest absolute Gasteiger partial charge is 0.308 e. The first kappa shape index (κ1) is 14.5. The topological polar surface area (TPSA) is 70.5 Å². The van der Waals surface area contributed by atoms with E-state index in [1.54, 1.807) is 4.90 Å². The second kappa shape index (κ2) is 5.40. The van der Waals surface area contributed by atoms with Crippen LogP contribution in [0, 0.1) is 19.8 Å². The van der Waals surface area contributed by atoms with Gasteiger partial charge in [0, 0.05) is 18.5 Å². The molecule has 5 heteroatoms. The number of aliphatic carboxylic acids is 1. The molecule has 3 rings (SSSR count). The molecule has 1 aliphatic heterocycles. The lowest BCUT2D eigenvalue weighted by Gasteiger charge is -2.17. The maximum Gasteiger partial charge on any atom is 0.308 e. The van der Waals surface area contributed by atoms with Crippen LogP contribution in [-0.4, -0.2) is 40.0 Å². The van der Waals surface area contributed by atoms with E-state index in [0.717, 1.165) is 16.5 Å². The van der Waals surface area contributed by atoms with Crippen LogP contribution in [-0.2, 0) is 4.79 Å². The highest BCUT2D eigenvalue weighted by Crippen LogP contribution is 2.23. The van der Waals surface area contributed by atoms with Crippen molar-refractivity contribution in [3.05, 3.63) is 41.1 Å². The molecule has 0 aliphatic carbocycles. The number of amides is 1. The van der Waals surface area contributed by atoms with Crippen LogP contribution in [0.2, 0.25) is 0 Å². The third-order valence-electron chi connectivity index (χ3n) is 4.22. The van der Waals surface area contributed by atoms with Crippen molar-refractivity contribution in [1.82, 2.24) is 9.88 Å². The number of pyridine rings is 1. The second-order valence-corrected chi connectivity index (χ2v) is 5.89. The maximum absolute atomic E-state index is 12.7. The third-order valence-corrected chi connectivity index (χ3v) is 4.22. The molecule has 1 saturated heterocycles. The fraction of sp³-hybridized carbons (Fsp3) is 0.353. The number of aromatic nitrogens is 1. The van der Waals surface area contributed by atoms with E-state index in [-0.39, 0.29) is 12.5 Å². The van der Waals surface area contributed by atoms with Crippen molar-refractivity contribution in [3.8, 4) is 0 Å². The molecular formula is C17H18N2O3. The first-order valence-electron chi connectivity index (χ1n) is 7.36. The lowest BCUT2D eigenvalue weighted by Crippen LogP contribution is -2.30. The number of fused-ring (bicyclic) bond motifs is 1. The summed E-state index contributed by atoms with van der Waals surface area (Å²) in [6, 6.07) is 7.81. The van der Waals surface area contributed by atoms with Gasteiger partial charge in [-0.25, -0.2) is 0 Å². The fourth-order valence-corrected chi connectivity index (χ4v) is 2.93. The Morgan fingerprint density at radius 1 is 1.27 bits per heavy atom. The van der Waals surface area contributed by atoms with Gasteiger partial charge in [0.2, 0.25) is 0 Å². The first-order valence-corrected chi connectivity index (χ1v) is 7.36. The van der Waals surface area contributed by atoms with E-state index in [0.29, 0.717) is 24.2 Å². The number of carboxylic acids is 1. The van der Waals surface area contributed by atoms with Crippen LogP contribution in [0.1, 0.15) is 28.0 Å². The van der Waals surface area contributed by atoms with E-state index in [9.17, 15) is 9.59 Å². The first-order chi connectivity index (χ1) is 10.5. The summed E-state index contributed by atoms with van der Waals surface area (Å²) < 4.78 is 0. The van der Waals surface area contributed by atoms with E-state index in [4.69, 9.17) is 5.11 Å². The summed E-state index contributed by atoms with van der Waals surface area (Å²) in [6.07, 6.45) is 0.514. The number of carbonyl (C=O) groups is 2. The number of nitrogens with zero attached hydrogens (tertiary/aromatic N) is 2. The van der Waals surface area contributed by atoms with Crippen molar-refractivity contribution < 1.29 is 14.7 Å². The highest BCUT2D eigenvalue weighted by molar-refractivity contribution is 5.99. The Kier molecular flexibility index (Phi) is 3.56. The van der Waals surface area contributed by atoms with E-state index >= 15 is 0 Å². The van der Waals surface area contributed by atoms with Crippen molar-refractivity contribution in [2.75, 3.05) is 13.1 Å². The Hall–Kier alpha value is -2.43. The number of rotatable bonds is 2. The monoisotopic (exact) mass is 298 g/mol. The Bertz CT molecular complexity index is 770. The zero-order chi connectivity index (χ0) is 15.9. The molecule has 1 N–H and O–H groups in total. The van der Waals surface area contributed by atoms with Crippen molar-refractivity contribution in [2.24, 2.45) is 5.92 Å². The molecule has 1 aromatic carbocycles. The van der Waals surface area contributed by atoms with Gasteiger partial charge in [0.1, 0.15) is 0 Å². The zero-order valence-electron chi connectivity index (χ0n) is 12.7. The lowest BCUT2D eigenvalue weighted by atomic mass is 10.1. The Balaban J connectivity index is 1.94. The summed E-state index contributed by atoms with van der Waals surface area (Å²) in [5.74, 6) is -1.42. The average molecular weight is 298 g/mol. The van der Waals surface area contributed by atoms with Gasteiger partial charge >= 0.3 is 5.97 Å². The van der Waals surface area contributed by atoms with Gasteiger partial charge in [0.05, 0.1) is 22.7 Å². The molecule has 0 spiro atoms. The molecular weight excluding hydrogens is 280 g/mol. The lowest BCUT2D eigenvalue weighted by molar-refractivity contribution is -0.141. The van der Waals surface area contributed by atoms with Crippen LogP contribution >= 0.6 is 0 Å². The van der Waals surface area contributed by atoms with Crippen molar-refractivity contribution in [3.63, 3.8) is 0 Å². The van der Waals surface area contributed by atoms with Gasteiger partial charge in [-0.05, 0) is 38.5 Å². The van der Waals surface area contributed by atoms with Crippen LogP contribution in [0.25, 0.3) is 10.9 Å². The van der Waals surface area contributed by atoms with Crippen LogP contribution in [0.15, 0.2) is 24.3 Å². The molecule has 0 bridgehead atoms. The summed E-state index contributed by atoms with van der Waals surface area (Å²) in [5, 5.41) is 9.99. The molecule has 1 atom stereocenters. The highest BCUT2D eigenvalue weighted by atomic mass is 16.4. The van der Waals surface area contributed by atoms with Crippen molar-refractivity contribution in [1.29, 1.82) is 0 Å². The molecule has 1 aromatic heterocycles. The molecule has 114 valence electrons. The Labute approximate surface area is 128 Å². The maximum atomic E-state index is 12.7. The summed E-state index contributed by atoms with van der Waals surface area (Å²) in [6.45, 7) is 4.58. The standard InChI is InChI=1S/C17H18N2O3/c1-10-3-4-15-13(7-10)8-14(11(2)18-15)16(20)19-6-5-12(9-19)17(21)22/h3-4,7-8,12H,5-6,9H2,1-2H3,(H,21,22)/t12-/m0/s1. The number of hydrogen-bond acceptors (Lipinski definition) is 3. The molecule has 0 unspecified atom stereocenters. The molecule has 5 nitrogen and oxygen atoms in total. The highest BCUT2D eigenvalue weighted by Gasteiger charge is 2.32. The largest absolute Gasteiger partial charge is 0.481 e. The number of aryl methyl sites for hydroxylation is 2. The second-order valence-electron chi connectivity index (χ2n) is 5.89. The van der Waals surface area contributed by atoms with Gasteiger partial charge < -0.3 is 10.0 Å². The average Bonchev–Trinajstić information content (AvgIpc) is 2.96. The van der Waals surface area contributed by atoms with Gasteiger partial charge in [-0.15, -0.1) is 0 Å². The Morgan fingerprint density at radius 2 is 2.05 bits per heavy atom. The van der Waals surface area contributed by atoms with Gasteiger partial charge in [0.15, 0.2) is 0 Å². The predicted molar refractivity (Wildman–Crippen MR) is 82.9 cm³/mol. The number of carbonyl (C=O) groups excluding carboxylic acids is 1. The number of carboxylic acid groups (broad SMARTS) is 1. The summed E-state index contributed by atoms with van der Waals surface area (Å²) in [7, 11) is 0. The summed E-state index contributed by atoms with van der Waals surface area (Å²) >= 11 is 0. The van der Waals surface area contributed by atoms with Gasteiger partial charge in [0.25, 0.3) is 5.91 Å². The molecule has 22 heavy (non-hydrogen) atoms. The molecule has 0 saturated carbocycles. The minimum atomic E-state index is -0.834. The van der Waals surface area contributed by atoms with Crippen LogP contribution in [0.3, 0.4) is 0 Å². The minimum absolute atomic E-state index is 0.128. The van der Waals surface area contributed by atoms with Crippen molar-refractivity contribution >= 4 is 22.8 Å². The molecule has 1 aliphatic rings. The van der Waals surface area contributed by atoms with Gasteiger partial charge in [-0.1, -0.05) is 11.6 Å². The number of benzene rings is 1. The molecule has 1 fully saturated rings. The van der Waals surface area contributed by atoms with E-state index in [2.05, 4.69) is 4.98 Å². The van der Waals surface area contributed by atoms with Crippen LogP contribution < -0.4 is 0 Å². The van der Waals surface area contributed by atoms with Crippen molar-refractivity contribution in [2.45, 2.75) is 20.3 Å². The predicted octanol–water partition coefficient (Wildman–Crippen LogP) is 2.40. The third kappa shape index (κ3) is 2.54. The minimum Gasteiger partial charge on any atom is -0.481 e. The summed E-state index contributed by atoms with van der Waals surface area (Å²) in [4.78, 5) is 29.8. The van der Waals surface area contributed by atoms with Gasteiger partial charge in [-0.2, -0.15) is 0 Å². The quantitative estimate of drug-likeness (QED) is 0.924. The molecule has 2 aromatic rings. The number of hydrogen-bond donors (Lipinski definition) is 1. The van der Waals surface area contributed by atoms with Crippen LogP contribution in [0.4, 0.5) is 0 Å². The molecule has 0 radical (unpaired) electrons. The fourth-order valence-electron chi connectivity index (χ4n) is 2.93. The van der Waals surface area contributed by atoms with E-state index < -0.39 is 11.9 Å².